The Bertz CT molecular complexity index is 568. The monoisotopic (exact) mass is 333 g/mol. The van der Waals surface area contributed by atoms with E-state index in [0.29, 0.717) is 10.7 Å². The Hall–Kier alpha value is -0.970. The van der Waals surface area contributed by atoms with E-state index in [0.717, 1.165) is 4.47 Å². The number of halogens is 3. The molecule has 1 N–H and O–H groups in total. The third kappa shape index (κ3) is 3.03. The topological polar surface area (TPSA) is 42.2 Å². The highest BCUT2D eigenvalue weighted by Crippen LogP contribution is 2.26. The van der Waals surface area contributed by atoms with Crippen molar-refractivity contribution in [3.05, 3.63) is 50.8 Å². The van der Waals surface area contributed by atoms with Crippen molar-refractivity contribution in [1.29, 1.82) is 0 Å². The molecule has 88 valence electrons. The molecule has 0 saturated carbocycles. The van der Waals surface area contributed by atoms with Crippen LogP contribution in [0.3, 0.4) is 0 Å². The third-order valence-electron chi connectivity index (χ3n) is 1.97. The highest BCUT2D eigenvalue weighted by Gasteiger charge is 2.12. The number of carbonyl (C=O) groups is 1. The molecule has 0 aliphatic carbocycles. The van der Waals surface area contributed by atoms with Gasteiger partial charge < -0.3 is 9.73 Å². The van der Waals surface area contributed by atoms with Gasteiger partial charge in [0.25, 0.3) is 5.91 Å². The maximum Gasteiger partial charge on any atom is 0.291 e. The first-order valence-corrected chi connectivity index (χ1v) is 6.13. The van der Waals surface area contributed by atoms with Crippen LogP contribution in [0.1, 0.15) is 10.6 Å². The summed E-state index contributed by atoms with van der Waals surface area (Å²) >= 11 is 14.7. The van der Waals surface area contributed by atoms with E-state index in [1.807, 2.05) is 0 Å². The van der Waals surface area contributed by atoms with Crippen molar-refractivity contribution in [1.82, 2.24) is 0 Å². The fourth-order valence-electron chi connectivity index (χ4n) is 1.21. The van der Waals surface area contributed by atoms with E-state index in [-0.39, 0.29) is 16.9 Å². The molecular weight excluding hydrogens is 329 g/mol. The smallest absolute Gasteiger partial charge is 0.291 e. The molecule has 2 aromatic rings. The van der Waals surface area contributed by atoms with Crippen LogP contribution in [0, 0.1) is 0 Å². The van der Waals surface area contributed by atoms with Crippen LogP contribution in [-0.2, 0) is 0 Å². The van der Waals surface area contributed by atoms with Crippen LogP contribution in [0.25, 0.3) is 0 Å². The molecule has 0 saturated heterocycles. The standard InChI is InChI=1S/C11H6BrCl2NO2/c12-7-2-1-6(13)5-8(7)15-11(16)9-3-4-10(14)17-9/h1-5H,(H,15,16). The zero-order valence-corrected chi connectivity index (χ0v) is 11.4. The summed E-state index contributed by atoms with van der Waals surface area (Å²) in [7, 11) is 0. The first-order valence-electron chi connectivity index (χ1n) is 4.58. The minimum Gasteiger partial charge on any atom is -0.440 e. The summed E-state index contributed by atoms with van der Waals surface area (Å²) in [5.74, 6) is -0.248. The molecule has 0 fully saturated rings. The molecule has 1 aromatic heterocycles. The van der Waals surface area contributed by atoms with E-state index in [9.17, 15) is 4.79 Å². The number of anilines is 1. The second-order valence-corrected chi connectivity index (χ2v) is 4.85. The van der Waals surface area contributed by atoms with Crippen LogP contribution in [0.5, 0.6) is 0 Å². The quantitative estimate of drug-likeness (QED) is 0.872. The third-order valence-corrected chi connectivity index (χ3v) is 3.10. The van der Waals surface area contributed by atoms with Gasteiger partial charge in [-0.15, -0.1) is 0 Å². The number of rotatable bonds is 2. The Balaban J connectivity index is 2.21. The van der Waals surface area contributed by atoms with Crippen LogP contribution in [-0.4, -0.2) is 5.91 Å². The highest BCUT2D eigenvalue weighted by molar-refractivity contribution is 9.10. The Labute approximate surface area is 116 Å². The van der Waals surface area contributed by atoms with E-state index in [2.05, 4.69) is 21.2 Å². The molecule has 3 nitrogen and oxygen atoms in total. The van der Waals surface area contributed by atoms with Gasteiger partial charge >= 0.3 is 0 Å². The Morgan fingerprint density at radius 3 is 2.65 bits per heavy atom. The number of carbonyl (C=O) groups excluding carboxylic acids is 1. The Morgan fingerprint density at radius 2 is 2.00 bits per heavy atom. The van der Waals surface area contributed by atoms with Gasteiger partial charge in [0, 0.05) is 9.50 Å². The SMILES string of the molecule is O=C(Nc1cc(Cl)ccc1Br)c1ccc(Cl)o1. The van der Waals surface area contributed by atoms with Gasteiger partial charge in [0.15, 0.2) is 11.0 Å². The molecule has 17 heavy (non-hydrogen) atoms. The molecule has 0 aliphatic heterocycles. The molecular formula is C11H6BrCl2NO2. The van der Waals surface area contributed by atoms with Gasteiger partial charge in [-0.2, -0.15) is 0 Å². The van der Waals surface area contributed by atoms with Crippen molar-refractivity contribution in [3.8, 4) is 0 Å². The lowest BCUT2D eigenvalue weighted by Crippen LogP contribution is -2.11. The molecule has 0 atom stereocenters. The number of benzene rings is 1. The summed E-state index contributed by atoms with van der Waals surface area (Å²) in [5.41, 5.74) is 0.565. The molecule has 1 aromatic carbocycles. The van der Waals surface area contributed by atoms with Crippen LogP contribution in [0.15, 0.2) is 39.2 Å². The van der Waals surface area contributed by atoms with Crippen LogP contribution in [0.4, 0.5) is 5.69 Å². The van der Waals surface area contributed by atoms with Gasteiger partial charge in [-0.3, -0.25) is 4.79 Å². The lowest BCUT2D eigenvalue weighted by atomic mass is 10.3. The van der Waals surface area contributed by atoms with E-state index in [1.54, 1.807) is 18.2 Å². The minimum atomic E-state index is -0.389. The second kappa shape index (κ2) is 5.12. The van der Waals surface area contributed by atoms with Gasteiger partial charge in [-0.1, -0.05) is 11.6 Å². The fraction of sp³-hybridized carbons (Fsp3) is 0. The maximum absolute atomic E-state index is 11.8. The molecule has 1 heterocycles. The maximum atomic E-state index is 11.8. The van der Waals surface area contributed by atoms with Crippen molar-refractivity contribution in [2.45, 2.75) is 0 Å². The zero-order chi connectivity index (χ0) is 12.4. The van der Waals surface area contributed by atoms with Gasteiger partial charge in [0.05, 0.1) is 5.69 Å². The van der Waals surface area contributed by atoms with Crippen molar-refractivity contribution >= 4 is 50.7 Å². The summed E-state index contributed by atoms with van der Waals surface area (Å²) in [6.07, 6.45) is 0. The average Bonchev–Trinajstić information content (AvgIpc) is 2.70. The largest absolute Gasteiger partial charge is 0.440 e. The number of hydrogen-bond acceptors (Lipinski definition) is 2. The zero-order valence-electron chi connectivity index (χ0n) is 8.34. The van der Waals surface area contributed by atoms with Gasteiger partial charge in [-0.05, 0) is 57.9 Å². The van der Waals surface area contributed by atoms with Gasteiger partial charge in [-0.25, -0.2) is 0 Å². The molecule has 0 bridgehead atoms. The summed E-state index contributed by atoms with van der Waals surface area (Å²) in [5, 5.41) is 3.35. The van der Waals surface area contributed by atoms with Crippen LogP contribution in [0.2, 0.25) is 10.2 Å². The summed E-state index contributed by atoms with van der Waals surface area (Å²) in [6.45, 7) is 0. The van der Waals surface area contributed by atoms with Crippen molar-refractivity contribution < 1.29 is 9.21 Å². The van der Waals surface area contributed by atoms with Gasteiger partial charge in [0.1, 0.15) is 0 Å². The molecule has 6 heteroatoms. The normalized spacial score (nSPS) is 10.3. The first kappa shape index (κ1) is 12.5. The lowest BCUT2D eigenvalue weighted by molar-refractivity contribution is 0.0996. The highest BCUT2D eigenvalue weighted by atomic mass is 79.9. The van der Waals surface area contributed by atoms with Gasteiger partial charge in [0.2, 0.25) is 0 Å². The number of hydrogen-bond donors (Lipinski definition) is 1. The summed E-state index contributed by atoms with van der Waals surface area (Å²) in [6, 6.07) is 8.09. The van der Waals surface area contributed by atoms with E-state index in [4.69, 9.17) is 27.6 Å². The van der Waals surface area contributed by atoms with Crippen LogP contribution < -0.4 is 5.32 Å². The summed E-state index contributed by atoms with van der Waals surface area (Å²) < 4.78 is 5.72. The van der Waals surface area contributed by atoms with E-state index in [1.165, 1.54) is 12.1 Å². The lowest BCUT2D eigenvalue weighted by Gasteiger charge is -2.05. The van der Waals surface area contributed by atoms with E-state index >= 15 is 0 Å². The molecule has 2 rings (SSSR count). The minimum absolute atomic E-state index is 0.141. The fourth-order valence-corrected chi connectivity index (χ4v) is 1.88. The summed E-state index contributed by atoms with van der Waals surface area (Å²) in [4.78, 5) is 11.8. The Morgan fingerprint density at radius 1 is 1.24 bits per heavy atom. The predicted molar refractivity (Wildman–Crippen MR) is 70.8 cm³/mol. The average molecular weight is 335 g/mol. The molecule has 0 aliphatic rings. The van der Waals surface area contributed by atoms with Crippen molar-refractivity contribution in [3.63, 3.8) is 0 Å². The number of amides is 1. The molecule has 0 radical (unpaired) electrons. The molecule has 0 unspecified atom stereocenters. The van der Waals surface area contributed by atoms with Crippen molar-refractivity contribution in [2.75, 3.05) is 5.32 Å². The van der Waals surface area contributed by atoms with E-state index < -0.39 is 0 Å². The second-order valence-electron chi connectivity index (χ2n) is 3.18. The van der Waals surface area contributed by atoms with Crippen molar-refractivity contribution in [2.24, 2.45) is 0 Å². The first-order chi connectivity index (χ1) is 8.06. The predicted octanol–water partition coefficient (Wildman–Crippen LogP) is 4.60. The molecule has 1 amide bonds. The number of furan rings is 1. The Kier molecular flexibility index (Phi) is 3.76. The molecule has 0 spiro atoms. The number of nitrogens with one attached hydrogen (secondary N) is 1. The van der Waals surface area contributed by atoms with Crippen LogP contribution >= 0.6 is 39.1 Å².